The minimum atomic E-state index is 0.00967. The largest absolute Gasteiger partial charge is 0.394 e. The van der Waals surface area contributed by atoms with Crippen molar-refractivity contribution in [3.63, 3.8) is 0 Å². The van der Waals surface area contributed by atoms with Crippen LogP contribution in [0.15, 0.2) is 0 Å². The van der Waals surface area contributed by atoms with Crippen molar-refractivity contribution < 1.29 is 5.11 Å². The SMILES string of the molecule is CCCNC1(CO)CCC(N2CC(C)C(C)C2)C1. The van der Waals surface area contributed by atoms with Crippen LogP contribution in [0.4, 0.5) is 0 Å². The van der Waals surface area contributed by atoms with Crippen molar-refractivity contribution in [2.45, 2.75) is 58.0 Å². The Morgan fingerprint density at radius 2 is 1.94 bits per heavy atom. The molecule has 1 saturated carbocycles. The Morgan fingerprint density at radius 1 is 1.28 bits per heavy atom. The predicted octanol–water partition coefficient (Wildman–Crippen LogP) is 1.86. The number of rotatable bonds is 5. The Kier molecular flexibility index (Phi) is 4.68. The van der Waals surface area contributed by atoms with Gasteiger partial charge in [-0.1, -0.05) is 20.8 Å². The molecule has 0 aromatic carbocycles. The third-order valence-electron chi connectivity index (χ3n) is 5.17. The number of hydrogen-bond acceptors (Lipinski definition) is 3. The first-order chi connectivity index (χ1) is 8.60. The molecule has 3 heteroatoms. The summed E-state index contributed by atoms with van der Waals surface area (Å²) in [6.07, 6.45) is 4.65. The Bertz CT molecular complexity index is 261. The highest BCUT2D eigenvalue weighted by Gasteiger charge is 2.42. The average molecular weight is 254 g/mol. The van der Waals surface area contributed by atoms with Crippen LogP contribution in [-0.4, -0.2) is 47.8 Å². The Hall–Kier alpha value is -0.120. The van der Waals surface area contributed by atoms with Crippen LogP contribution in [0.5, 0.6) is 0 Å². The quantitative estimate of drug-likeness (QED) is 0.786. The second kappa shape index (κ2) is 5.89. The second-order valence-corrected chi connectivity index (χ2v) is 6.67. The maximum Gasteiger partial charge on any atom is 0.0613 e. The van der Waals surface area contributed by atoms with Crippen molar-refractivity contribution in [2.75, 3.05) is 26.2 Å². The number of aliphatic hydroxyl groups is 1. The molecule has 0 amide bonds. The molecule has 0 spiro atoms. The summed E-state index contributed by atoms with van der Waals surface area (Å²) in [5.74, 6) is 1.66. The van der Waals surface area contributed by atoms with E-state index in [0.717, 1.165) is 37.6 Å². The first kappa shape index (κ1) is 14.3. The third-order valence-corrected chi connectivity index (χ3v) is 5.17. The lowest BCUT2D eigenvalue weighted by atomic mass is 9.98. The van der Waals surface area contributed by atoms with E-state index in [9.17, 15) is 5.11 Å². The minimum Gasteiger partial charge on any atom is -0.394 e. The lowest BCUT2D eigenvalue weighted by Gasteiger charge is -2.30. The molecule has 1 heterocycles. The fourth-order valence-corrected chi connectivity index (χ4v) is 3.63. The van der Waals surface area contributed by atoms with Crippen molar-refractivity contribution >= 4 is 0 Å². The molecule has 1 aliphatic heterocycles. The smallest absolute Gasteiger partial charge is 0.0613 e. The highest BCUT2D eigenvalue weighted by atomic mass is 16.3. The van der Waals surface area contributed by atoms with Crippen LogP contribution in [0, 0.1) is 11.8 Å². The summed E-state index contributed by atoms with van der Waals surface area (Å²) < 4.78 is 0. The van der Waals surface area contributed by atoms with Gasteiger partial charge in [-0.2, -0.15) is 0 Å². The van der Waals surface area contributed by atoms with Crippen molar-refractivity contribution in [3.8, 4) is 0 Å². The van der Waals surface area contributed by atoms with Gasteiger partial charge in [0, 0.05) is 24.7 Å². The van der Waals surface area contributed by atoms with E-state index in [1.807, 2.05) is 0 Å². The average Bonchev–Trinajstić information content (AvgIpc) is 2.93. The van der Waals surface area contributed by atoms with Gasteiger partial charge in [-0.05, 0) is 44.1 Å². The van der Waals surface area contributed by atoms with Crippen LogP contribution < -0.4 is 5.32 Å². The van der Waals surface area contributed by atoms with E-state index in [1.54, 1.807) is 0 Å². The van der Waals surface area contributed by atoms with Crippen LogP contribution in [0.25, 0.3) is 0 Å². The lowest BCUT2D eigenvalue weighted by Crippen LogP contribution is -2.48. The maximum atomic E-state index is 9.73. The maximum absolute atomic E-state index is 9.73. The van der Waals surface area contributed by atoms with E-state index >= 15 is 0 Å². The number of likely N-dealkylation sites (tertiary alicyclic amines) is 1. The molecule has 0 bridgehead atoms. The molecule has 18 heavy (non-hydrogen) atoms. The third kappa shape index (κ3) is 2.89. The summed E-state index contributed by atoms with van der Waals surface area (Å²) in [5.41, 5.74) is 0.00967. The van der Waals surface area contributed by atoms with Gasteiger partial charge in [-0.15, -0.1) is 0 Å². The van der Waals surface area contributed by atoms with Crippen LogP contribution in [0.2, 0.25) is 0 Å². The van der Waals surface area contributed by atoms with Gasteiger partial charge in [0.1, 0.15) is 0 Å². The Labute approximate surface area is 112 Å². The molecule has 2 N–H and O–H groups in total. The topological polar surface area (TPSA) is 35.5 Å². The highest BCUT2D eigenvalue weighted by molar-refractivity contribution is 5.00. The molecule has 4 unspecified atom stereocenters. The van der Waals surface area contributed by atoms with Crippen LogP contribution in [0.3, 0.4) is 0 Å². The monoisotopic (exact) mass is 254 g/mol. The zero-order valence-electron chi connectivity index (χ0n) is 12.3. The zero-order chi connectivity index (χ0) is 13.2. The molecule has 3 nitrogen and oxygen atoms in total. The summed E-state index contributed by atoms with van der Waals surface area (Å²) in [6, 6.07) is 0.689. The van der Waals surface area contributed by atoms with Crippen molar-refractivity contribution in [3.05, 3.63) is 0 Å². The molecule has 0 aromatic heterocycles. The number of hydrogen-bond donors (Lipinski definition) is 2. The van der Waals surface area contributed by atoms with Gasteiger partial charge >= 0.3 is 0 Å². The van der Waals surface area contributed by atoms with Crippen LogP contribution in [0.1, 0.15) is 46.5 Å². The molecule has 2 rings (SSSR count). The molecular formula is C15H30N2O. The number of nitrogens with zero attached hydrogens (tertiary/aromatic N) is 1. The molecule has 1 aliphatic carbocycles. The first-order valence-corrected chi connectivity index (χ1v) is 7.70. The van der Waals surface area contributed by atoms with Crippen molar-refractivity contribution in [1.29, 1.82) is 0 Å². The van der Waals surface area contributed by atoms with Crippen LogP contribution >= 0.6 is 0 Å². The van der Waals surface area contributed by atoms with Gasteiger partial charge in [0.05, 0.1) is 6.61 Å². The number of nitrogens with one attached hydrogen (secondary N) is 1. The Balaban J connectivity index is 1.90. The summed E-state index contributed by atoms with van der Waals surface area (Å²) in [5, 5.41) is 13.3. The molecule has 0 radical (unpaired) electrons. The van der Waals surface area contributed by atoms with Gasteiger partial charge in [-0.3, -0.25) is 4.90 Å². The van der Waals surface area contributed by atoms with Crippen LogP contribution in [-0.2, 0) is 0 Å². The van der Waals surface area contributed by atoms with Gasteiger partial charge in [-0.25, -0.2) is 0 Å². The van der Waals surface area contributed by atoms with E-state index in [4.69, 9.17) is 0 Å². The highest BCUT2D eigenvalue weighted by Crippen LogP contribution is 2.36. The van der Waals surface area contributed by atoms with E-state index in [-0.39, 0.29) is 5.54 Å². The molecule has 2 fully saturated rings. The predicted molar refractivity (Wildman–Crippen MR) is 75.7 cm³/mol. The second-order valence-electron chi connectivity index (χ2n) is 6.67. The van der Waals surface area contributed by atoms with E-state index < -0.39 is 0 Å². The molecule has 4 atom stereocenters. The zero-order valence-corrected chi connectivity index (χ0v) is 12.3. The normalized spacial score (nSPS) is 41.7. The molecular weight excluding hydrogens is 224 g/mol. The first-order valence-electron chi connectivity index (χ1n) is 7.70. The number of aliphatic hydroxyl groups excluding tert-OH is 1. The van der Waals surface area contributed by atoms with Gasteiger partial charge in [0.2, 0.25) is 0 Å². The fraction of sp³-hybridized carbons (Fsp3) is 1.00. The van der Waals surface area contributed by atoms with Crippen molar-refractivity contribution in [2.24, 2.45) is 11.8 Å². The van der Waals surface area contributed by atoms with E-state index in [2.05, 4.69) is 31.0 Å². The van der Waals surface area contributed by atoms with Crippen molar-refractivity contribution in [1.82, 2.24) is 10.2 Å². The summed E-state index contributed by atoms with van der Waals surface area (Å²) in [6.45, 7) is 10.8. The standard InChI is InChI=1S/C15H30N2O/c1-4-7-16-15(11-18)6-5-14(8-15)17-9-12(2)13(3)10-17/h12-14,16,18H,4-11H2,1-3H3. The Morgan fingerprint density at radius 3 is 2.50 bits per heavy atom. The molecule has 2 aliphatic rings. The molecule has 1 saturated heterocycles. The van der Waals surface area contributed by atoms with Gasteiger partial charge in [0.25, 0.3) is 0 Å². The molecule has 0 aromatic rings. The lowest BCUT2D eigenvalue weighted by molar-refractivity contribution is 0.149. The fourth-order valence-electron chi connectivity index (χ4n) is 3.63. The van der Waals surface area contributed by atoms with E-state index in [1.165, 1.54) is 19.5 Å². The minimum absolute atomic E-state index is 0.00967. The van der Waals surface area contributed by atoms with E-state index in [0.29, 0.717) is 12.6 Å². The summed E-state index contributed by atoms with van der Waals surface area (Å²) in [4.78, 5) is 2.67. The summed E-state index contributed by atoms with van der Waals surface area (Å²) in [7, 11) is 0. The summed E-state index contributed by atoms with van der Waals surface area (Å²) >= 11 is 0. The molecule has 106 valence electrons. The van der Waals surface area contributed by atoms with Gasteiger partial charge in [0.15, 0.2) is 0 Å². The van der Waals surface area contributed by atoms with Gasteiger partial charge < -0.3 is 10.4 Å².